The number of anilines is 1. The molecule has 2 aromatic rings. The van der Waals surface area contributed by atoms with Gasteiger partial charge in [0.2, 0.25) is 11.2 Å². The van der Waals surface area contributed by atoms with Crippen LogP contribution in [0.15, 0.2) is 36.9 Å². The van der Waals surface area contributed by atoms with Gasteiger partial charge in [-0.15, -0.1) is 6.58 Å². The Balaban J connectivity index is 1.80. The monoisotopic (exact) mass is 389 g/mol. The van der Waals surface area contributed by atoms with Crippen LogP contribution in [0.2, 0.25) is 5.28 Å². The van der Waals surface area contributed by atoms with E-state index in [0.717, 1.165) is 0 Å². The minimum Gasteiger partial charge on any atom is -0.424 e. The second-order valence-corrected chi connectivity index (χ2v) is 6.42. The highest BCUT2D eigenvalue weighted by atomic mass is 35.5. The Morgan fingerprint density at radius 1 is 1.33 bits per heavy atom. The Kier molecular flexibility index (Phi) is 5.88. The first kappa shape index (κ1) is 19.1. The molecule has 9 heteroatoms. The highest BCUT2D eigenvalue weighted by molar-refractivity contribution is 6.28. The molecular formula is C18H20ClN5O3. The number of rotatable bonds is 5. The van der Waals surface area contributed by atoms with Gasteiger partial charge in [-0.1, -0.05) is 6.08 Å². The summed E-state index contributed by atoms with van der Waals surface area (Å²) in [6.45, 7) is 5.49. The molecule has 142 valence electrons. The van der Waals surface area contributed by atoms with E-state index in [1.807, 2.05) is 4.90 Å². The van der Waals surface area contributed by atoms with Gasteiger partial charge in [0, 0.05) is 26.2 Å². The van der Waals surface area contributed by atoms with Crippen molar-refractivity contribution in [3.63, 3.8) is 0 Å². The lowest BCUT2D eigenvalue weighted by Gasteiger charge is -2.33. The van der Waals surface area contributed by atoms with Crippen molar-refractivity contribution in [2.75, 3.05) is 38.8 Å². The molecule has 1 atom stereocenters. The second kappa shape index (κ2) is 8.32. The van der Waals surface area contributed by atoms with E-state index < -0.39 is 0 Å². The van der Waals surface area contributed by atoms with Crippen LogP contribution in [-0.4, -0.2) is 65.7 Å². The lowest BCUT2D eigenvalue weighted by atomic mass is 10.2. The molecule has 1 saturated heterocycles. The molecule has 0 aliphatic carbocycles. The molecular weight excluding hydrogens is 370 g/mol. The summed E-state index contributed by atoms with van der Waals surface area (Å²) in [7, 11) is 3.40. The zero-order valence-corrected chi connectivity index (χ0v) is 15.9. The predicted octanol–water partition coefficient (Wildman–Crippen LogP) is 2.41. The second-order valence-electron chi connectivity index (χ2n) is 6.08. The molecule has 1 aliphatic heterocycles. The molecule has 0 bridgehead atoms. The quantitative estimate of drug-likeness (QED) is 0.726. The van der Waals surface area contributed by atoms with Gasteiger partial charge in [-0.05, 0) is 35.9 Å². The summed E-state index contributed by atoms with van der Waals surface area (Å²) in [6.07, 6.45) is 1.78. The largest absolute Gasteiger partial charge is 0.424 e. The first-order valence-corrected chi connectivity index (χ1v) is 8.74. The molecule has 1 aromatic carbocycles. The van der Waals surface area contributed by atoms with Gasteiger partial charge in [0.25, 0.3) is 5.91 Å². The number of hydrogen-bond acceptors (Lipinski definition) is 7. The SMILES string of the molecule is C=CC1COCCN1c1nc(Cl)nc(Oc2ccc(C(=O)N(C)C)cc2)n1. The number of hydrogen-bond donors (Lipinski definition) is 0. The fraction of sp³-hybridized carbons (Fsp3) is 0.333. The minimum atomic E-state index is -0.0881. The van der Waals surface area contributed by atoms with Crippen molar-refractivity contribution >= 4 is 23.5 Å². The molecule has 2 heterocycles. The van der Waals surface area contributed by atoms with Crippen molar-refractivity contribution in [1.29, 1.82) is 0 Å². The highest BCUT2D eigenvalue weighted by Gasteiger charge is 2.24. The number of amides is 1. The van der Waals surface area contributed by atoms with Gasteiger partial charge in [-0.2, -0.15) is 15.0 Å². The Labute approximate surface area is 162 Å². The molecule has 1 fully saturated rings. The molecule has 8 nitrogen and oxygen atoms in total. The van der Waals surface area contributed by atoms with Crippen LogP contribution in [0, 0.1) is 0 Å². The van der Waals surface area contributed by atoms with Crippen molar-refractivity contribution in [2.45, 2.75) is 6.04 Å². The third-order valence-corrected chi connectivity index (χ3v) is 4.16. The summed E-state index contributed by atoms with van der Waals surface area (Å²) in [4.78, 5) is 28.0. The van der Waals surface area contributed by atoms with Gasteiger partial charge in [0.1, 0.15) is 5.75 Å². The van der Waals surface area contributed by atoms with Gasteiger partial charge in [0.05, 0.1) is 19.3 Å². The average molecular weight is 390 g/mol. The van der Waals surface area contributed by atoms with Gasteiger partial charge in [-0.3, -0.25) is 4.79 Å². The van der Waals surface area contributed by atoms with E-state index in [9.17, 15) is 4.79 Å². The number of ether oxygens (including phenoxy) is 2. The Morgan fingerprint density at radius 3 is 2.74 bits per heavy atom. The van der Waals surface area contributed by atoms with Crippen LogP contribution in [0.3, 0.4) is 0 Å². The average Bonchev–Trinajstić information content (AvgIpc) is 2.67. The number of aromatic nitrogens is 3. The highest BCUT2D eigenvalue weighted by Crippen LogP contribution is 2.24. The van der Waals surface area contributed by atoms with Crippen LogP contribution in [0.1, 0.15) is 10.4 Å². The summed E-state index contributed by atoms with van der Waals surface area (Å²) < 4.78 is 11.1. The van der Waals surface area contributed by atoms with E-state index in [-0.39, 0.29) is 23.2 Å². The molecule has 0 N–H and O–H groups in total. The van der Waals surface area contributed by atoms with Crippen LogP contribution in [-0.2, 0) is 4.74 Å². The van der Waals surface area contributed by atoms with E-state index in [2.05, 4.69) is 21.5 Å². The van der Waals surface area contributed by atoms with Gasteiger partial charge < -0.3 is 19.3 Å². The van der Waals surface area contributed by atoms with E-state index in [1.165, 1.54) is 4.90 Å². The van der Waals surface area contributed by atoms with Crippen LogP contribution < -0.4 is 9.64 Å². The fourth-order valence-corrected chi connectivity index (χ4v) is 2.74. The summed E-state index contributed by atoms with van der Waals surface area (Å²) in [6, 6.07) is 6.73. The number of halogens is 1. The lowest BCUT2D eigenvalue weighted by Crippen LogP contribution is -2.45. The standard InChI is InChI=1S/C18H20ClN5O3/c1-4-13-11-26-10-9-24(13)17-20-16(19)21-18(22-17)27-14-7-5-12(6-8-14)15(25)23(2)3/h4-8,13H,1,9-11H2,2-3H3. The molecule has 0 spiro atoms. The van der Waals surface area contributed by atoms with Crippen LogP contribution >= 0.6 is 11.6 Å². The number of morpholine rings is 1. The van der Waals surface area contributed by atoms with Crippen molar-refractivity contribution < 1.29 is 14.3 Å². The van der Waals surface area contributed by atoms with Gasteiger partial charge in [-0.25, -0.2) is 0 Å². The molecule has 1 aliphatic rings. The summed E-state index contributed by atoms with van der Waals surface area (Å²) in [5.74, 6) is 0.799. The van der Waals surface area contributed by atoms with E-state index in [4.69, 9.17) is 21.1 Å². The first-order valence-electron chi connectivity index (χ1n) is 8.36. The van der Waals surface area contributed by atoms with Crippen molar-refractivity contribution in [3.8, 4) is 11.8 Å². The fourth-order valence-electron chi connectivity index (χ4n) is 2.59. The Hall–Kier alpha value is -2.71. The van der Waals surface area contributed by atoms with Gasteiger partial charge in [0.15, 0.2) is 0 Å². The lowest BCUT2D eigenvalue weighted by molar-refractivity contribution is 0.0827. The van der Waals surface area contributed by atoms with Crippen molar-refractivity contribution in [2.24, 2.45) is 0 Å². The van der Waals surface area contributed by atoms with E-state index in [1.54, 1.807) is 44.4 Å². The molecule has 3 rings (SSSR count). The summed E-state index contributed by atoms with van der Waals surface area (Å²) >= 11 is 6.05. The minimum absolute atomic E-state index is 0.0312. The Morgan fingerprint density at radius 2 is 2.07 bits per heavy atom. The zero-order valence-electron chi connectivity index (χ0n) is 15.1. The zero-order chi connectivity index (χ0) is 19.4. The van der Waals surface area contributed by atoms with E-state index >= 15 is 0 Å². The maximum absolute atomic E-state index is 11.9. The maximum atomic E-state index is 11.9. The number of nitrogens with zero attached hydrogens (tertiary/aromatic N) is 5. The number of carbonyl (C=O) groups is 1. The molecule has 1 amide bonds. The van der Waals surface area contributed by atoms with Crippen molar-refractivity contribution in [1.82, 2.24) is 19.9 Å². The Bertz CT molecular complexity index is 828. The van der Waals surface area contributed by atoms with Crippen molar-refractivity contribution in [3.05, 3.63) is 47.8 Å². The molecule has 1 unspecified atom stereocenters. The van der Waals surface area contributed by atoms with Crippen LogP contribution in [0.4, 0.5) is 5.95 Å². The smallest absolute Gasteiger partial charge is 0.328 e. The molecule has 1 aromatic heterocycles. The third kappa shape index (κ3) is 4.53. The maximum Gasteiger partial charge on any atom is 0.328 e. The number of carbonyl (C=O) groups excluding carboxylic acids is 1. The molecule has 0 radical (unpaired) electrons. The van der Waals surface area contributed by atoms with Gasteiger partial charge >= 0.3 is 6.01 Å². The van der Waals surface area contributed by atoms with Crippen LogP contribution in [0.25, 0.3) is 0 Å². The van der Waals surface area contributed by atoms with E-state index in [0.29, 0.717) is 37.0 Å². The molecule has 27 heavy (non-hydrogen) atoms. The molecule has 0 saturated carbocycles. The number of benzene rings is 1. The topological polar surface area (TPSA) is 80.7 Å². The van der Waals surface area contributed by atoms with Crippen LogP contribution in [0.5, 0.6) is 11.8 Å². The normalized spacial score (nSPS) is 16.7. The summed E-state index contributed by atoms with van der Waals surface area (Å²) in [5.41, 5.74) is 0.559. The predicted molar refractivity (Wildman–Crippen MR) is 102 cm³/mol. The third-order valence-electron chi connectivity index (χ3n) is 3.99. The summed E-state index contributed by atoms with van der Waals surface area (Å²) in [5, 5.41) is 0.0312. The first-order chi connectivity index (χ1) is 13.0.